The van der Waals surface area contributed by atoms with E-state index in [1.165, 1.54) is 68.2 Å². The Bertz CT molecular complexity index is 6780. The first-order chi connectivity index (χ1) is 65.0. The van der Waals surface area contributed by atoms with Crippen LogP contribution in [0.2, 0.25) is 0 Å². The summed E-state index contributed by atoms with van der Waals surface area (Å²) in [6.07, 6.45) is 22.2. The molecule has 13 aromatic carbocycles. The zero-order valence-corrected chi connectivity index (χ0v) is 75.6. The van der Waals surface area contributed by atoms with Gasteiger partial charge in [0, 0.05) is 132 Å². The van der Waals surface area contributed by atoms with Gasteiger partial charge in [-0.15, -0.1) is 0 Å². The Balaban J connectivity index is 0.000000104. The smallest absolute Gasteiger partial charge is 0.293 e. The summed E-state index contributed by atoms with van der Waals surface area (Å²) in [5, 5.41) is 4.97. The second-order valence-corrected chi connectivity index (χ2v) is 35.2. The molecule has 13 heteroatoms. The Kier molecular flexibility index (Phi) is 26.3. The molecule has 4 fully saturated rings. The highest BCUT2D eigenvalue weighted by Crippen LogP contribution is 2.76. The summed E-state index contributed by atoms with van der Waals surface area (Å²) in [7, 11) is 4.04. The molecule has 1 spiro atoms. The van der Waals surface area contributed by atoms with Crippen molar-refractivity contribution in [2.45, 2.75) is 58.9 Å². The van der Waals surface area contributed by atoms with Crippen LogP contribution in [0.15, 0.2) is 419 Å². The third-order valence-electron chi connectivity index (χ3n) is 27.0. The fourth-order valence-corrected chi connectivity index (χ4v) is 20.3. The molecule has 4 unspecified atom stereocenters. The summed E-state index contributed by atoms with van der Waals surface area (Å²) < 4.78 is 49.1. The molecule has 6 aliphatic heterocycles. The van der Waals surface area contributed by atoms with E-state index >= 15 is 0 Å². The molecule has 0 amide bonds. The Morgan fingerprint density at radius 3 is 1.06 bits per heavy atom. The standard InChI is InChI=1S/2C26H20NO.C22H26NO.C21H17N2O.2C12H14NO/c1-3-11-21(12-4-1)26-18-25(27(19-28-26)22-14-5-2-6-15-22)24-17-9-13-20-10-7-8-16-23(20)24;1-3-10-21(11-4-1)26-18-25(27(19-28-26)24-13-5-2-6-14-24)23-16-15-20-9-7-8-12-22(20)17-23;1-14-7-20(17-5-3-2-4-6-17)24-13-23(14)21-18-9-15-8-16-10-19(21)22(18,11-15)12-16;1-3-9-17(10-4-1)21-15-20(19-13-7-8-14-22-19)23(16-24-21)18-11-5-2-6-12-18;2*1-10-8-12(14-9-13(10)2)11-6-4-3-5-7-11/h2*1-18H,19H2;2-7,15-16,18-19,21H,8-13H2,1H3;1-15H,16H2;2*3-8H,9H2,1-2H3/q6*+1. The summed E-state index contributed by atoms with van der Waals surface area (Å²) in [5.74, 6) is 9.61. The molecule has 24 rings (SSSR count). The number of hydrogen-bond donors (Lipinski definition) is 0. The van der Waals surface area contributed by atoms with Gasteiger partial charge in [-0.05, 0) is 101 Å². The van der Waals surface area contributed by atoms with E-state index < -0.39 is 0 Å². The van der Waals surface area contributed by atoms with E-state index in [4.69, 9.17) is 28.4 Å². The second kappa shape index (κ2) is 40.2. The maximum atomic E-state index is 6.20. The van der Waals surface area contributed by atoms with Gasteiger partial charge in [-0.25, -0.2) is 14.1 Å². The Morgan fingerprint density at radius 2 is 0.629 bits per heavy atom. The van der Waals surface area contributed by atoms with Crippen LogP contribution < -0.4 is 0 Å². The topological polar surface area (TPSA) is 86.3 Å². The molecule has 3 bridgehead atoms. The molecule has 0 N–H and O–H groups in total. The number of ether oxygens (including phenoxy) is 6. The van der Waals surface area contributed by atoms with Crippen molar-refractivity contribution in [2.24, 2.45) is 29.1 Å². The van der Waals surface area contributed by atoms with E-state index in [-0.39, 0.29) is 0 Å². The molecule has 13 nitrogen and oxygen atoms in total. The number of para-hydroxylation sites is 3. The van der Waals surface area contributed by atoms with Crippen LogP contribution in [-0.4, -0.2) is 127 Å². The minimum absolute atomic E-state index is 0.455. The van der Waals surface area contributed by atoms with Crippen molar-refractivity contribution in [3.05, 3.63) is 469 Å². The molecule has 14 aromatic rings. The van der Waals surface area contributed by atoms with Gasteiger partial charge in [0.1, 0.15) is 54.3 Å². The fraction of sp³-hybridized carbons (Fsp3) is 0.185. The summed E-state index contributed by atoms with van der Waals surface area (Å²) >= 11 is 0. The lowest BCUT2D eigenvalue weighted by Gasteiger charge is -2.52. The minimum atomic E-state index is 0.455. The van der Waals surface area contributed by atoms with Gasteiger partial charge >= 0.3 is 0 Å². The highest BCUT2D eigenvalue weighted by molar-refractivity contribution is 6.17. The van der Waals surface area contributed by atoms with Gasteiger partial charge in [-0.1, -0.05) is 309 Å². The highest BCUT2D eigenvalue weighted by atomic mass is 16.5. The average molecular weight is 1740 g/mol. The number of allylic oxidation sites excluding steroid dienone is 6. The van der Waals surface area contributed by atoms with Crippen LogP contribution >= 0.6 is 0 Å². The van der Waals surface area contributed by atoms with Crippen LogP contribution in [0.4, 0.5) is 17.1 Å². The van der Waals surface area contributed by atoms with Crippen LogP contribution in [0.5, 0.6) is 0 Å². The Labute approximate surface area is 774 Å². The van der Waals surface area contributed by atoms with Crippen LogP contribution in [0.25, 0.3) is 56.1 Å². The van der Waals surface area contributed by atoms with Crippen molar-refractivity contribution in [2.75, 3.05) is 54.5 Å². The number of benzene rings is 13. The van der Waals surface area contributed by atoms with Crippen molar-refractivity contribution < 1.29 is 55.9 Å². The van der Waals surface area contributed by atoms with Gasteiger partial charge in [0.25, 0.3) is 40.4 Å². The predicted octanol–water partition coefficient (Wildman–Crippen LogP) is 24.8. The first kappa shape index (κ1) is 86.2. The second-order valence-electron chi connectivity index (χ2n) is 35.2. The van der Waals surface area contributed by atoms with Gasteiger partial charge in [0.2, 0.25) is 34.2 Å². The third kappa shape index (κ3) is 19.3. The maximum Gasteiger partial charge on any atom is 0.293 e. The van der Waals surface area contributed by atoms with Crippen molar-refractivity contribution in [1.29, 1.82) is 0 Å². The van der Waals surface area contributed by atoms with Gasteiger partial charge < -0.3 is 28.4 Å². The Morgan fingerprint density at radius 1 is 0.280 bits per heavy atom. The van der Waals surface area contributed by atoms with E-state index in [0.29, 0.717) is 33.7 Å². The molecule has 7 heterocycles. The molecule has 0 radical (unpaired) electrons. The number of hydrogen-bond acceptors (Lipinski definition) is 7. The van der Waals surface area contributed by atoms with E-state index in [1.807, 2.05) is 160 Å². The fourth-order valence-electron chi connectivity index (χ4n) is 20.3. The molecule has 652 valence electrons. The minimum Gasteiger partial charge on any atom is -0.435 e. The number of rotatable bonds is 13. The van der Waals surface area contributed by atoms with E-state index in [2.05, 4.69) is 326 Å². The quantitative estimate of drug-likeness (QED) is 0.106. The molecule has 10 aliphatic rings. The monoisotopic (exact) mass is 1730 g/mol. The summed E-state index contributed by atoms with van der Waals surface area (Å²) in [6, 6.07) is 129. The molecule has 1 aromatic heterocycles. The Hall–Kier alpha value is -15.2. The van der Waals surface area contributed by atoms with E-state index in [1.54, 1.807) is 19.3 Å². The van der Waals surface area contributed by atoms with Crippen LogP contribution in [0.3, 0.4) is 0 Å². The zero-order valence-electron chi connectivity index (χ0n) is 75.6. The number of aromatic nitrogens is 1. The molecule has 132 heavy (non-hydrogen) atoms. The molecule has 4 saturated carbocycles. The third-order valence-corrected chi connectivity index (χ3v) is 27.0. The molecular formula is C119H111N7O6+6. The SMILES string of the molecule is C1=C(c2ccccc2)OC[N+](c2ccccc2)=C1c1ccc2ccccc2c1.C1=C(c2ccccc2)OC[N+](c2ccccc2)=C1c1cccc2ccccc12.C1=C(c2ccccc2)OC[N+](c2ccccc2)=C1c1ccccn1.CC1=[N+](C)COC(c2ccccc2)=C1.CC1=[N+](C)COC(c2ccccc2)=C1.CC1=[N+](C2C3CC4CC5CC2C3(C4)C5)COC(c2ccccc2)=C1. The van der Waals surface area contributed by atoms with E-state index in [0.717, 1.165) is 144 Å². The molecule has 4 aliphatic carbocycles. The lowest BCUT2D eigenvalue weighted by atomic mass is 9.52. The average Bonchev–Trinajstić information content (AvgIpc) is 1.50. The van der Waals surface area contributed by atoms with Crippen molar-refractivity contribution in [3.8, 4) is 0 Å². The first-order valence-electron chi connectivity index (χ1n) is 46.1. The van der Waals surface area contributed by atoms with Gasteiger partial charge in [-0.3, -0.25) is 0 Å². The molecule has 0 saturated heterocycles. The first-order valence-corrected chi connectivity index (χ1v) is 46.1. The predicted molar refractivity (Wildman–Crippen MR) is 534 cm³/mol. The number of nitrogens with zero attached hydrogens (tertiary/aromatic N) is 7. The summed E-state index contributed by atoms with van der Waals surface area (Å²) in [4.78, 5) is 4.53. The van der Waals surface area contributed by atoms with Crippen molar-refractivity contribution >= 4 is 107 Å². The lowest BCUT2D eigenvalue weighted by Crippen LogP contribution is -2.61. The molecule has 4 atom stereocenters. The number of pyridine rings is 1. The maximum absolute atomic E-state index is 6.20. The lowest BCUT2D eigenvalue weighted by molar-refractivity contribution is -0.636. The van der Waals surface area contributed by atoms with Gasteiger partial charge in [0.15, 0.2) is 23.2 Å². The number of fused-ring (bicyclic) bond motifs is 4. The molecular weight excluding hydrogens is 1620 g/mol. The van der Waals surface area contributed by atoms with Crippen LogP contribution in [0, 0.1) is 29.1 Å². The largest absolute Gasteiger partial charge is 0.435 e. The highest BCUT2D eigenvalue weighted by Gasteiger charge is 2.75. The summed E-state index contributed by atoms with van der Waals surface area (Å²) in [5.41, 5.74) is 21.3. The van der Waals surface area contributed by atoms with Crippen LogP contribution in [-0.2, 0) is 28.4 Å². The van der Waals surface area contributed by atoms with Gasteiger partial charge in [0.05, 0.1) is 23.8 Å². The summed E-state index contributed by atoms with van der Waals surface area (Å²) in [6.45, 7) is 9.88. The van der Waals surface area contributed by atoms with E-state index in [9.17, 15) is 0 Å². The van der Waals surface area contributed by atoms with Crippen molar-refractivity contribution in [3.63, 3.8) is 0 Å². The van der Waals surface area contributed by atoms with Gasteiger partial charge in [-0.2, -0.15) is 18.3 Å². The normalized spacial score (nSPS) is 20.1. The van der Waals surface area contributed by atoms with Crippen LogP contribution in [0.1, 0.15) is 103 Å². The van der Waals surface area contributed by atoms with Crippen molar-refractivity contribution in [1.82, 2.24) is 4.98 Å². The zero-order chi connectivity index (χ0) is 89.5.